The van der Waals surface area contributed by atoms with Crippen molar-refractivity contribution in [3.63, 3.8) is 0 Å². The number of rotatable bonds is 9. The number of carbonyl (C=O) groups is 1. The van der Waals surface area contributed by atoms with Crippen LogP contribution in [-0.2, 0) is 11.3 Å². The number of nitrogens with one attached hydrogen (secondary N) is 1. The molecule has 0 saturated carbocycles. The number of nitrogens with zero attached hydrogens (tertiary/aromatic N) is 2. The predicted octanol–water partition coefficient (Wildman–Crippen LogP) is 2.04. The van der Waals surface area contributed by atoms with Gasteiger partial charge < -0.3 is 27.2 Å². The molecule has 0 saturated heterocycles. The van der Waals surface area contributed by atoms with Gasteiger partial charge in [0.1, 0.15) is 0 Å². The Morgan fingerprint density at radius 3 is 2.31 bits per heavy atom. The summed E-state index contributed by atoms with van der Waals surface area (Å²) in [5.74, 6) is -0.0455. The zero-order valence-corrected chi connectivity index (χ0v) is 25.5. The minimum absolute atomic E-state index is 0. The van der Waals surface area contributed by atoms with Gasteiger partial charge in [0.25, 0.3) is 5.84 Å². The van der Waals surface area contributed by atoms with E-state index in [1.807, 2.05) is 63.6 Å². The number of hydrogen-bond acceptors (Lipinski definition) is 5. The van der Waals surface area contributed by atoms with Gasteiger partial charge in [0, 0.05) is 25.8 Å². The fourth-order valence-corrected chi connectivity index (χ4v) is 3.06. The van der Waals surface area contributed by atoms with Crippen molar-refractivity contribution in [2.75, 3.05) is 51.5 Å². The fraction of sp³-hybridized carbons (Fsp3) is 0.250. The molecule has 3 rings (SSSR count). The molecule has 7 nitrogen and oxygen atoms in total. The Labute approximate surface area is 238 Å². The minimum atomic E-state index is -0.271. The molecule has 0 spiro atoms. The number of nitrogens with two attached hydrogens (primary N) is 2. The molecule has 0 aliphatic heterocycles. The molecule has 36 heavy (non-hydrogen) atoms. The molecule has 0 bridgehead atoms. The molecule has 0 radical (unpaired) electrons. The van der Waals surface area contributed by atoms with Crippen LogP contribution in [0.5, 0.6) is 0 Å². The average molecular weight is 713 g/mol. The second kappa shape index (κ2) is 16.9. The molecule has 3 aromatic carbocycles. The summed E-state index contributed by atoms with van der Waals surface area (Å²) in [6.45, 7) is 6.65. The molecule has 5 N–H and O–H groups in total. The number of carbonyl (C=O) groups excluding carboxylic acids is 1. The first-order valence-corrected chi connectivity index (χ1v) is 11.4. The van der Waals surface area contributed by atoms with E-state index >= 15 is 0 Å². The number of amidine groups is 1. The smallest absolute Gasteiger partial charge is 0.449 e. The molecule has 0 fully saturated rings. The van der Waals surface area contributed by atoms with E-state index in [-0.39, 0.29) is 42.9 Å². The quantitative estimate of drug-likeness (QED) is 0.137. The summed E-state index contributed by atoms with van der Waals surface area (Å²) in [5, 5.41) is 8.64. The maximum atomic E-state index is 12.4. The number of amides is 1. The summed E-state index contributed by atoms with van der Waals surface area (Å²) >= 11 is 0. The third-order valence-electron chi connectivity index (χ3n) is 5.14. The summed E-state index contributed by atoms with van der Waals surface area (Å²) in [7, 11) is 6.11. The minimum Gasteiger partial charge on any atom is -0.449 e. The monoisotopic (exact) mass is 712 g/mol. The molecule has 0 atom stereocenters. The Bertz CT molecular complexity index is 1060. The van der Waals surface area contributed by atoms with Crippen molar-refractivity contribution in [1.82, 2.24) is 10.2 Å². The van der Waals surface area contributed by atoms with Crippen LogP contribution < -0.4 is 21.4 Å². The van der Waals surface area contributed by atoms with Crippen LogP contribution in [0.4, 0.5) is 11.4 Å². The Morgan fingerprint density at radius 2 is 1.72 bits per heavy atom. The fourth-order valence-electron chi connectivity index (χ4n) is 3.06. The maximum Gasteiger partial charge on any atom is 2.00 e. The van der Waals surface area contributed by atoms with E-state index in [9.17, 15) is 4.79 Å². The van der Waals surface area contributed by atoms with Crippen molar-refractivity contribution in [1.29, 1.82) is 0 Å². The van der Waals surface area contributed by atoms with Gasteiger partial charge in [-0.3, -0.25) is 5.41 Å². The van der Waals surface area contributed by atoms with Gasteiger partial charge in [-0.25, -0.2) is 10.1 Å². The topological polar surface area (TPSA) is 96.4 Å². The van der Waals surface area contributed by atoms with Gasteiger partial charge in [-0.1, -0.05) is 42.6 Å². The molecule has 0 aliphatic rings. The van der Waals surface area contributed by atoms with Crippen LogP contribution in [0.2, 0.25) is 0 Å². The first-order chi connectivity index (χ1) is 16.8. The zero-order chi connectivity index (χ0) is 25.6. The summed E-state index contributed by atoms with van der Waals surface area (Å²) in [5.41, 5.74) is 9.70. The molecule has 0 aromatic heterocycles. The van der Waals surface area contributed by atoms with E-state index in [4.69, 9.17) is 15.9 Å². The Morgan fingerprint density at radius 1 is 1.06 bits per heavy atom. The second-order valence-corrected chi connectivity index (χ2v) is 8.19. The van der Waals surface area contributed by atoms with Gasteiger partial charge in [0.2, 0.25) is 0 Å². The van der Waals surface area contributed by atoms with E-state index in [1.165, 1.54) is 5.56 Å². The standard InChI is InChI=1S/C19H24N5O.C9H11O.U/c1-23(2)12-13-24(3)15-10-8-14(9-11-15)19(25)22-18(21)16-6-4-5-7-17(16)20;1-2-10-8-9-6-4-3-5-7-9;/h4,6-11H,12-13,20H2,1-3H3,(H2,21,22,25);3-7H,1-2,8H2;/q2*-1;+2/p+1. The Kier molecular flexibility index (Phi) is 14.8. The van der Waals surface area contributed by atoms with Crippen molar-refractivity contribution in [3.05, 3.63) is 102 Å². The first kappa shape index (κ1) is 31.4. The van der Waals surface area contributed by atoms with E-state index in [0.29, 0.717) is 30.0 Å². The first-order valence-electron chi connectivity index (χ1n) is 11.4. The number of ether oxygens (including phenoxy) is 1. The van der Waals surface area contributed by atoms with Crippen molar-refractivity contribution in [3.8, 4) is 0 Å². The molecule has 0 aliphatic carbocycles. The summed E-state index contributed by atoms with van der Waals surface area (Å²) < 4.78 is 5.11. The van der Waals surface area contributed by atoms with Gasteiger partial charge in [0.15, 0.2) is 0 Å². The molecular formula is C28H36N5O2U+. The van der Waals surface area contributed by atoms with E-state index in [1.54, 1.807) is 30.3 Å². The molecule has 188 valence electrons. The van der Waals surface area contributed by atoms with Gasteiger partial charge in [-0.15, -0.1) is 0 Å². The SMILES string of the molecule is CN(C)CCN(C)c1ccc(C(=O)NC(=[NH2+])c2cc[c-]cc2N)cc1.[CH2-]COCc1ccccc1.[U+2]. The molecule has 3 aromatic rings. The van der Waals surface area contributed by atoms with Crippen LogP contribution in [0.1, 0.15) is 21.5 Å². The van der Waals surface area contributed by atoms with Crippen molar-refractivity contribution in [2.24, 2.45) is 0 Å². The summed E-state index contributed by atoms with van der Waals surface area (Å²) in [6.07, 6.45) is 0. The number of benzene rings is 3. The number of nitrogen functional groups attached to an aromatic ring is 1. The van der Waals surface area contributed by atoms with Crippen LogP contribution in [-0.4, -0.2) is 57.5 Å². The molecule has 1 amide bonds. The van der Waals surface area contributed by atoms with Gasteiger partial charge in [-0.05, 0) is 49.5 Å². The number of hydrogen-bond donors (Lipinski definition) is 3. The normalized spacial score (nSPS) is 10.0. The number of likely N-dealkylation sites (N-methyl/N-ethyl adjacent to an activating group) is 2. The third kappa shape index (κ3) is 11.0. The van der Waals surface area contributed by atoms with Crippen molar-refractivity contribution >= 4 is 23.1 Å². The van der Waals surface area contributed by atoms with Crippen LogP contribution >= 0.6 is 0 Å². The van der Waals surface area contributed by atoms with Crippen LogP contribution in [0.15, 0.2) is 72.8 Å². The molecule has 8 heteroatoms. The van der Waals surface area contributed by atoms with Crippen LogP contribution in [0.25, 0.3) is 0 Å². The van der Waals surface area contributed by atoms with Gasteiger partial charge in [0.05, 0.1) is 12.2 Å². The Hall–Kier alpha value is -2.63. The van der Waals surface area contributed by atoms with E-state index in [0.717, 1.165) is 18.8 Å². The maximum absolute atomic E-state index is 12.4. The largest absolute Gasteiger partial charge is 2.00 e. The molecule has 0 unspecified atom stereocenters. The molecular weight excluding hydrogens is 676 g/mol. The van der Waals surface area contributed by atoms with Crippen molar-refractivity contribution in [2.45, 2.75) is 6.61 Å². The zero-order valence-electron chi connectivity index (χ0n) is 21.3. The van der Waals surface area contributed by atoms with E-state index in [2.05, 4.69) is 28.1 Å². The number of anilines is 2. The predicted molar refractivity (Wildman–Crippen MR) is 143 cm³/mol. The second-order valence-electron chi connectivity index (χ2n) is 8.19. The Balaban J connectivity index is 0.000000495. The van der Waals surface area contributed by atoms with Crippen molar-refractivity contribution < 1.29 is 46.1 Å². The third-order valence-corrected chi connectivity index (χ3v) is 5.14. The summed E-state index contributed by atoms with van der Waals surface area (Å²) in [6, 6.07) is 25.4. The summed E-state index contributed by atoms with van der Waals surface area (Å²) in [4.78, 5) is 16.6. The van der Waals surface area contributed by atoms with Crippen LogP contribution in [0, 0.1) is 44.1 Å². The molecule has 0 heterocycles. The van der Waals surface area contributed by atoms with Gasteiger partial charge >= 0.3 is 37.0 Å². The van der Waals surface area contributed by atoms with E-state index < -0.39 is 0 Å². The van der Waals surface area contributed by atoms with Gasteiger partial charge in [-0.2, -0.15) is 24.3 Å². The van der Waals surface area contributed by atoms with Crippen LogP contribution in [0.3, 0.4) is 0 Å². The average Bonchev–Trinajstić information content (AvgIpc) is 2.87.